The van der Waals surface area contributed by atoms with Gasteiger partial charge in [-0.3, -0.25) is 0 Å². The van der Waals surface area contributed by atoms with Gasteiger partial charge < -0.3 is 16.4 Å². The number of benzene rings is 1. The molecule has 6 nitrogen and oxygen atoms in total. The first-order valence-corrected chi connectivity index (χ1v) is 11.2. The molecule has 0 radical (unpaired) electrons. The third-order valence-corrected chi connectivity index (χ3v) is 6.87. The van der Waals surface area contributed by atoms with E-state index in [1.54, 1.807) is 6.33 Å². The zero-order chi connectivity index (χ0) is 20.5. The van der Waals surface area contributed by atoms with E-state index in [2.05, 4.69) is 38.1 Å². The summed E-state index contributed by atoms with van der Waals surface area (Å²) in [5, 5.41) is 1.15. The van der Waals surface area contributed by atoms with E-state index in [1.165, 1.54) is 37.7 Å². The maximum Gasteiger partial charge on any atom is 0.137 e. The van der Waals surface area contributed by atoms with Crippen LogP contribution in [0.5, 0.6) is 0 Å². The zero-order valence-corrected chi connectivity index (χ0v) is 17.4. The molecule has 0 saturated heterocycles. The lowest BCUT2D eigenvalue weighted by Gasteiger charge is -2.41. The lowest BCUT2D eigenvalue weighted by atomic mass is 9.81. The highest BCUT2D eigenvalue weighted by Crippen LogP contribution is 2.36. The normalized spacial score (nSPS) is 21.5. The Bertz CT molecular complexity index is 1050. The predicted molar refractivity (Wildman–Crippen MR) is 122 cm³/mol. The molecule has 1 aliphatic carbocycles. The number of rotatable bonds is 4. The second-order valence-electron chi connectivity index (χ2n) is 8.85. The van der Waals surface area contributed by atoms with Gasteiger partial charge in [-0.1, -0.05) is 25.0 Å². The van der Waals surface area contributed by atoms with Gasteiger partial charge in [-0.2, -0.15) is 0 Å². The van der Waals surface area contributed by atoms with Gasteiger partial charge in [-0.05, 0) is 68.2 Å². The SMILES string of the molecule is Nc1ccc2ccc(CCC3CCCC(N4CCCc5c(N)ncnc54)C3)cc2n1. The number of nitrogens with zero attached hydrogens (tertiary/aromatic N) is 4. The number of pyridine rings is 1. The average Bonchev–Trinajstić information content (AvgIpc) is 2.77. The largest absolute Gasteiger partial charge is 0.384 e. The molecule has 2 aromatic heterocycles. The lowest BCUT2D eigenvalue weighted by Crippen LogP contribution is -2.42. The third kappa shape index (κ3) is 3.78. The lowest BCUT2D eigenvalue weighted by molar-refractivity contribution is 0.292. The molecule has 2 aliphatic rings. The molecule has 0 bridgehead atoms. The summed E-state index contributed by atoms with van der Waals surface area (Å²) in [5.74, 6) is 3.07. The molecule has 30 heavy (non-hydrogen) atoms. The minimum absolute atomic E-state index is 0.565. The number of aromatic nitrogens is 3. The van der Waals surface area contributed by atoms with Crippen LogP contribution in [0.1, 0.15) is 49.7 Å². The summed E-state index contributed by atoms with van der Waals surface area (Å²) in [6.07, 6.45) is 11.2. The molecule has 1 aliphatic heterocycles. The Labute approximate surface area is 177 Å². The van der Waals surface area contributed by atoms with Crippen molar-refractivity contribution in [2.24, 2.45) is 5.92 Å². The van der Waals surface area contributed by atoms with Crippen molar-refractivity contribution < 1.29 is 0 Å². The summed E-state index contributed by atoms with van der Waals surface area (Å²) in [7, 11) is 0. The second-order valence-corrected chi connectivity index (χ2v) is 8.85. The Balaban J connectivity index is 1.26. The van der Waals surface area contributed by atoms with E-state index in [1.807, 2.05) is 12.1 Å². The minimum atomic E-state index is 0.565. The first kappa shape index (κ1) is 19.1. The summed E-state index contributed by atoms with van der Waals surface area (Å²) in [5.41, 5.74) is 15.5. The first-order valence-electron chi connectivity index (χ1n) is 11.2. The van der Waals surface area contributed by atoms with E-state index in [9.17, 15) is 0 Å². The van der Waals surface area contributed by atoms with Crippen molar-refractivity contribution in [3.8, 4) is 0 Å². The van der Waals surface area contributed by atoms with E-state index in [0.717, 1.165) is 54.0 Å². The van der Waals surface area contributed by atoms with Crippen LogP contribution < -0.4 is 16.4 Å². The van der Waals surface area contributed by atoms with Gasteiger partial charge in [0.05, 0.1) is 5.52 Å². The van der Waals surface area contributed by atoms with Crippen LogP contribution in [-0.4, -0.2) is 27.5 Å². The Morgan fingerprint density at radius 2 is 1.93 bits per heavy atom. The van der Waals surface area contributed by atoms with Crippen molar-refractivity contribution in [1.82, 2.24) is 15.0 Å². The number of nitrogens with two attached hydrogens (primary N) is 2. The van der Waals surface area contributed by atoms with Crippen molar-refractivity contribution in [3.05, 3.63) is 47.8 Å². The highest BCUT2D eigenvalue weighted by molar-refractivity contribution is 5.80. The maximum atomic E-state index is 6.13. The molecule has 2 atom stereocenters. The summed E-state index contributed by atoms with van der Waals surface area (Å²) in [4.78, 5) is 15.8. The fraction of sp³-hybridized carbons (Fsp3) is 0.458. The Hall–Kier alpha value is -2.89. The van der Waals surface area contributed by atoms with Crippen molar-refractivity contribution in [1.29, 1.82) is 0 Å². The van der Waals surface area contributed by atoms with Crippen LogP contribution >= 0.6 is 0 Å². The highest BCUT2D eigenvalue weighted by atomic mass is 15.2. The van der Waals surface area contributed by atoms with Crippen LogP contribution in [0, 0.1) is 5.92 Å². The van der Waals surface area contributed by atoms with Gasteiger partial charge in [-0.15, -0.1) is 0 Å². The quantitative estimate of drug-likeness (QED) is 0.681. The molecular formula is C24H30N6. The molecule has 3 heterocycles. The number of hydrogen-bond donors (Lipinski definition) is 2. The smallest absolute Gasteiger partial charge is 0.137 e. The van der Waals surface area contributed by atoms with Crippen molar-refractivity contribution in [2.45, 2.75) is 57.4 Å². The molecular weight excluding hydrogens is 372 g/mol. The number of hydrogen-bond acceptors (Lipinski definition) is 6. The third-order valence-electron chi connectivity index (χ3n) is 6.87. The molecule has 0 amide bonds. The number of aryl methyl sites for hydroxylation is 1. The Kier molecular flexibility index (Phi) is 5.15. The second kappa shape index (κ2) is 8.09. The van der Waals surface area contributed by atoms with Gasteiger partial charge in [0.25, 0.3) is 0 Å². The number of nitrogen functional groups attached to an aromatic ring is 2. The van der Waals surface area contributed by atoms with E-state index in [4.69, 9.17) is 11.5 Å². The fourth-order valence-corrected chi connectivity index (χ4v) is 5.30. The summed E-state index contributed by atoms with van der Waals surface area (Å²) in [6.45, 7) is 1.08. The number of anilines is 3. The molecule has 1 aromatic carbocycles. The molecule has 4 N–H and O–H groups in total. The molecule has 5 rings (SSSR count). The van der Waals surface area contributed by atoms with E-state index in [-0.39, 0.29) is 0 Å². The molecule has 3 aromatic rings. The van der Waals surface area contributed by atoms with Gasteiger partial charge in [0.2, 0.25) is 0 Å². The van der Waals surface area contributed by atoms with Crippen LogP contribution in [0.2, 0.25) is 0 Å². The highest BCUT2D eigenvalue weighted by Gasteiger charge is 2.31. The number of fused-ring (bicyclic) bond motifs is 2. The molecule has 6 heteroatoms. The molecule has 1 saturated carbocycles. The first-order chi connectivity index (χ1) is 14.7. The summed E-state index contributed by atoms with van der Waals surface area (Å²) < 4.78 is 0. The topological polar surface area (TPSA) is 94.0 Å². The van der Waals surface area contributed by atoms with Gasteiger partial charge in [0.15, 0.2) is 0 Å². The molecule has 2 unspecified atom stereocenters. The fourth-order valence-electron chi connectivity index (χ4n) is 5.30. The summed E-state index contributed by atoms with van der Waals surface area (Å²) >= 11 is 0. The Morgan fingerprint density at radius 1 is 1.03 bits per heavy atom. The van der Waals surface area contributed by atoms with Gasteiger partial charge >= 0.3 is 0 Å². The minimum Gasteiger partial charge on any atom is -0.384 e. The van der Waals surface area contributed by atoms with Crippen molar-refractivity contribution in [2.75, 3.05) is 22.9 Å². The predicted octanol–water partition coefficient (Wildman–Crippen LogP) is 4.13. The van der Waals surface area contributed by atoms with E-state index >= 15 is 0 Å². The van der Waals surface area contributed by atoms with Crippen molar-refractivity contribution in [3.63, 3.8) is 0 Å². The Morgan fingerprint density at radius 3 is 2.87 bits per heavy atom. The van der Waals surface area contributed by atoms with Gasteiger partial charge in [0, 0.05) is 23.5 Å². The van der Waals surface area contributed by atoms with Crippen LogP contribution in [0.3, 0.4) is 0 Å². The molecule has 156 valence electrons. The average molecular weight is 403 g/mol. The maximum absolute atomic E-state index is 6.13. The van der Waals surface area contributed by atoms with Gasteiger partial charge in [-0.25, -0.2) is 15.0 Å². The zero-order valence-electron chi connectivity index (χ0n) is 17.4. The van der Waals surface area contributed by atoms with Gasteiger partial charge in [0.1, 0.15) is 23.8 Å². The van der Waals surface area contributed by atoms with Crippen LogP contribution in [0.15, 0.2) is 36.7 Å². The molecule has 1 fully saturated rings. The van der Waals surface area contributed by atoms with Crippen LogP contribution in [0.4, 0.5) is 17.5 Å². The molecule has 0 spiro atoms. The standard InChI is InChI=1S/C24H30N6/c25-22-11-10-18-9-8-17(14-21(18)29-22)7-6-16-3-1-4-19(13-16)30-12-2-5-20-23(26)27-15-28-24(20)30/h8-11,14-16,19H,1-7,12-13H2,(H2,25,29)(H2,26,27,28). The van der Waals surface area contributed by atoms with Crippen LogP contribution in [-0.2, 0) is 12.8 Å². The summed E-state index contributed by atoms with van der Waals surface area (Å²) in [6, 6.07) is 11.1. The monoisotopic (exact) mass is 402 g/mol. The van der Waals surface area contributed by atoms with E-state index in [0.29, 0.717) is 17.7 Å². The van der Waals surface area contributed by atoms with E-state index < -0.39 is 0 Å². The van der Waals surface area contributed by atoms with Crippen molar-refractivity contribution >= 4 is 28.4 Å². The van der Waals surface area contributed by atoms with Crippen LogP contribution in [0.25, 0.3) is 10.9 Å².